The standard InChI is InChI=1S/C18H19IN4O/c1-2-12(20)10-21-17-13-5-3-4-6-15(13)22-18(23-17)14-9-11(19)7-8-16(14)24/h3-9,12,24H,2,10,20H2,1H3,(H,21,22,23). The summed E-state index contributed by atoms with van der Waals surface area (Å²) in [6, 6.07) is 13.3. The number of nitrogens with zero attached hydrogens (tertiary/aromatic N) is 2. The van der Waals surface area contributed by atoms with Gasteiger partial charge in [0.25, 0.3) is 0 Å². The molecule has 0 saturated heterocycles. The molecule has 0 bridgehead atoms. The van der Waals surface area contributed by atoms with Gasteiger partial charge < -0.3 is 16.2 Å². The van der Waals surface area contributed by atoms with Crippen LogP contribution in [-0.4, -0.2) is 27.7 Å². The van der Waals surface area contributed by atoms with Crippen molar-refractivity contribution in [1.29, 1.82) is 0 Å². The fraction of sp³-hybridized carbons (Fsp3) is 0.222. The minimum atomic E-state index is 0.0632. The molecule has 124 valence electrons. The Hall–Kier alpha value is -1.93. The normalized spacial score (nSPS) is 12.3. The fourth-order valence-electron chi connectivity index (χ4n) is 2.39. The second kappa shape index (κ2) is 7.31. The lowest BCUT2D eigenvalue weighted by atomic mass is 10.1. The van der Waals surface area contributed by atoms with Crippen LogP contribution in [0.2, 0.25) is 0 Å². The van der Waals surface area contributed by atoms with Crippen molar-refractivity contribution in [2.75, 3.05) is 11.9 Å². The maximum Gasteiger partial charge on any atom is 0.165 e. The third-order valence-electron chi connectivity index (χ3n) is 3.86. The number of para-hydroxylation sites is 1. The maximum absolute atomic E-state index is 10.2. The molecule has 0 aliphatic carbocycles. The first-order valence-corrected chi connectivity index (χ1v) is 8.91. The van der Waals surface area contributed by atoms with E-state index in [1.807, 2.05) is 36.4 Å². The number of nitrogens with two attached hydrogens (primary N) is 1. The molecule has 1 aromatic heterocycles. The molecule has 0 spiro atoms. The Labute approximate surface area is 154 Å². The molecule has 0 aliphatic heterocycles. The van der Waals surface area contributed by atoms with Crippen molar-refractivity contribution in [1.82, 2.24) is 9.97 Å². The fourth-order valence-corrected chi connectivity index (χ4v) is 2.88. The first kappa shape index (κ1) is 16.9. The molecule has 5 nitrogen and oxygen atoms in total. The maximum atomic E-state index is 10.2. The second-order valence-electron chi connectivity index (χ2n) is 5.62. The lowest BCUT2D eigenvalue weighted by molar-refractivity contribution is 0.477. The molecule has 1 heterocycles. The van der Waals surface area contributed by atoms with Gasteiger partial charge >= 0.3 is 0 Å². The molecule has 1 unspecified atom stereocenters. The molecule has 0 amide bonds. The Balaban J connectivity index is 2.11. The van der Waals surface area contributed by atoms with Crippen molar-refractivity contribution in [3.05, 3.63) is 46.0 Å². The van der Waals surface area contributed by atoms with Gasteiger partial charge in [-0.05, 0) is 59.3 Å². The van der Waals surface area contributed by atoms with E-state index in [-0.39, 0.29) is 11.8 Å². The molecular formula is C18H19IN4O. The van der Waals surface area contributed by atoms with E-state index in [0.717, 1.165) is 26.7 Å². The molecule has 3 rings (SSSR count). The quantitative estimate of drug-likeness (QED) is 0.533. The molecular weight excluding hydrogens is 415 g/mol. The number of nitrogens with one attached hydrogen (secondary N) is 1. The van der Waals surface area contributed by atoms with Crippen LogP contribution in [0.15, 0.2) is 42.5 Å². The minimum absolute atomic E-state index is 0.0632. The van der Waals surface area contributed by atoms with Gasteiger partial charge in [-0.2, -0.15) is 0 Å². The van der Waals surface area contributed by atoms with Gasteiger partial charge in [0, 0.05) is 21.5 Å². The van der Waals surface area contributed by atoms with Gasteiger partial charge in [-0.1, -0.05) is 19.1 Å². The van der Waals surface area contributed by atoms with Crippen LogP contribution in [0.5, 0.6) is 5.75 Å². The summed E-state index contributed by atoms with van der Waals surface area (Å²) in [5, 5.41) is 14.4. The number of anilines is 1. The highest BCUT2D eigenvalue weighted by atomic mass is 127. The van der Waals surface area contributed by atoms with Crippen LogP contribution >= 0.6 is 22.6 Å². The molecule has 0 radical (unpaired) electrons. The van der Waals surface area contributed by atoms with E-state index in [4.69, 9.17) is 5.73 Å². The number of aromatic hydroxyl groups is 1. The van der Waals surface area contributed by atoms with Crippen LogP contribution in [-0.2, 0) is 0 Å². The van der Waals surface area contributed by atoms with Crippen molar-refractivity contribution in [3.8, 4) is 17.1 Å². The topological polar surface area (TPSA) is 84.1 Å². The zero-order valence-corrected chi connectivity index (χ0v) is 15.5. The second-order valence-corrected chi connectivity index (χ2v) is 6.87. The average Bonchev–Trinajstić information content (AvgIpc) is 2.61. The molecule has 3 aromatic rings. The van der Waals surface area contributed by atoms with E-state index in [2.05, 4.69) is 44.8 Å². The first-order chi connectivity index (χ1) is 11.6. The lowest BCUT2D eigenvalue weighted by Crippen LogP contribution is -2.28. The molecule has 24 heavy (non-hydrogen) atoms. The van der Waals surface area contributed by atoms with Crippen LogP contribution < -0.4 is 11.1 Å². The van der Waals surface area contributed by atoms with Crippen LogP contribution in [0.25, 0.3) is 22.3 Å². The van der Waals surface area contributed by atoms with Crippen molar-refractivity contribution in [3.63, 3.8) is 0 Å². The number of hydrogen-bond acceptors (Lipinski definition) is 5. The van der Waals surface area contributed by atoms with Gasteiger partial charge in [0.05, 0.1) is 11.1 Å². The number of halogens is 1. The van der Waals surface area contributed by atoms with Crippen molar-refractivity contribution >= 4 is 39.3 Å². The van der Waals surface area contributed by atoms with Gasteiger partial charge in [-0.15, -0.1) is 0 Å². The van der Waals surface area contributed by atoms with E-state index in [0.29, 0.717) is 17.9 Å². The zero-order valence-electron chi connectivity index (χ0n) is 13.3. The average molecular weight is 434 g/mol. The Bertz CT molecular complexity index is 869. The van der Waals surface area contributed by atoms with Crippen LogP contribution in [0.3, 0.4) is 0 Å². The molecule has 0 saturated carbocycles. The molecule has 2 aromatic carbocycles. The number of hydrogen-bond donors (Lipinski definition) is 3. The van der Waals surface area contributed by atoms with Crippen LogP contribution in [0.1, 0.15) is 13.3 Å². The van der Waals surface area contributed by atoms with E-state index in [9.17, 15) is 5.11 Å². The highest BCUT2D eigenvalue weighted by Crippen LogP contribution is 2.31. The Morgan fingerprint density at radius 3 is 2.79 bits per heavy atom. The van der Waals surface area contributed by atoms with Gasteiger partial charge in [0.2, 0.25) is 0 Å². The number of rotatable bonds is 5. The van der Waals surface area contributed by atoms with Crippen LogP contribution in [0, 0.1) is 3.57 Å². The summed E-state index contributed by atoms with van der Waals surface area (Å²) in [6.45, 7) is 2.69. The lowest BCUT2D eigenvalue weighted by Gasteiger charge is -2.14. The predicted octanol–water partition coefficient (Wildman–Crippen LogP) is 3.76. The highest BCUT2D eigenvalue weighted by Gasteiger charge is 2.13. The van der Waals surface area contributed by atoms with Crippen LogP contribution in [0.4, 0.5) is 5.82 Å². The number of aromatic nitrogens is 2. The largest absolute Gasteiger partial charge is 0.507 e. The minimum Gasteiger partial charge on any atom is -0.507 e. The third kappa shape index (κ3) is 3.59. The number of benzene rings is 2. The van der Waals surface area contributed by atoms with E-state index in [1.54, 1.807) is 6.07 Å². The Kier molecular flexibility index (Phi) is 5.15. The molecule has 1 atom stereocenters. The Morgan fingerprint density at radius 2 is 2.00 bits per heavy atom. The summed E-state index contributed by atoms with van der Waals surface area (Å²) < 4.78 is 1.01. The molecule has 0 aliphatic rings. The molecule has 0 fully saturated rings. The van der Waals surface area contributed by atoms with Gasteiger partial charge in [0.15, 0.2) is 5.82 Å². The summed E-state index contributed by atoms with van der Waals surface area (Å²) in [5.41, 5.74) is 7.46. The molecule has 6 heteroatoms. The van der Waals surface area contributed by atoms with Gasteiger partial charge in [-0.25, -0.2) is 9.97 Å². The zero-order chi connectivity index (χ0) is 17.1. The summed E-state index contributed by atoms with van der Waals surface area (Å²) in [7, 11) is 0. The summed E-state index contributed by atoms with van der Waals surface area (Å²) in [6.07, 6.45) is 0.889. The van der Waals surface area contributed by atoms with Crippen molar-refractivity contribution in [2.45, 2.75) is 19.4 Å². The summed E-state index contributed by atoms with van der Waals surface area (Å²) in [5.74, 6) is 1.40. The number of fused-ring (bicyclic) bond motifs is 1. The SMILES string of the molecule is CCC(N)CNc1nc(-c2cc(I)ccc2O)nc2ccccc12. The smallest absolute Gasteiger partial charge is 0.165 e. The number of phenols is 1. The van der Waals surface area contributed by atoms with E-state index in [1.165, 1.54) is 0 Å². The summed E-state index contributed by atoms with van der Waals surface area (Å²) >= 11 is 2.21. The predicted molar refractivity (Wildman–Crippen MR) is 106 cm³/mol. The van der Waals surface area contributed by atoms with Crippen molar-refractivity contribution < 1.29 is 5.11 Å². The van der Waals surface area contributed by atoms with Gasteiger partial charge in [0.1, 0.15) is 11.6 Å². The highest BCUT2D eigenvalue weighted by molar-refractivity contribution is 14.1. The third-order valence-corrected chi connectivity index (χ3v) is 4.53. The monoisotopic (exact) mass is 434 g/mol. The van der Waals surface area contributed by atoms with E-state index >= 15 is 0 Å². The molecule has 4 N–H and O–H groups in total. The summed E-state index contributed by atoms with van der Waals surface area (Å²) in [4.78, 5) is 9.25. The van der Waals surface area contributed by atoms with E-state index < -0.39 is 0 Å². The van der Waals surface area contributed by atoms with Gasteiger partial charge in [-0.3, -0.25) is 0 Å². The first-order valence-electron chi connectivity index (χ1n) is 7.83. The Morgan fingerprint density at radius 1 is 1.21 bits per heavy atom. The van der Waals surface area contributed by atoms with Crippen molar-refractivity contribution in [2.24, 2.45) is 5.73 Å². The number of phenolic OH excluding ortho intramolecular Hbond substituents is 1.